The van der Waals surface area contributed by atoms with E-state index in [-0.39, 0.29) is 18.0 Å². The lowest BCUT2D eigenvalue weighted by Gasteiger charge is -2.28. The lowest BCUT2D eigenvalue weighted by atomic mass is 9.96. The van der Waals surface area contributed by atoms with Gasteiger partial charge in [0.25, 0.3) is 0 Å². The number of aryl methyl sites for hydroxylation is 2. The summed E-state index contributed by atoms with van der Waals surface area (Å²) in [4.78, 5) is 21.4. The predicted octanol–water partition coefficient (Wildman–Crippen LogP) is 4.16. The molecule has 0 aliphatic carbocycles. The van der Waals surface area contributed by atoms with E-state index in [0.29, 0.717) is 5.11 Å². The van der Waals surface area contributed by atoms with Gasteiger partial charge in [0.15, 0.2) is 5.11 Å². The summed E-state index contributed by atoms with van der Waals surface area (Å²) < 4.78 is 0. The van der Waals surface area contributed by atoms with Crippen molar-refractivity contribution in [2.24, 2.45) is 0 Å². The number of amides is 1. The van der Waals surface area contributed by atoms with E-state index < -0.39 is 0 Å². The van der Waals surface area contributed by atoms with Crippen LogP contribution in [0.4, 0.5) is 11.4 Å². The highest BCUT2D eigenvalue weighted by Gasteiger charge is 2.41. The first-order valence-corrected chi connectivity index (χ1v) is 9.89. The van der Waals surface area contributed by atoms with Crippen molar-refractivity contribution in [3.8, 4) is 0 Å². The molecule has 1 aliphatic rings. The molecule has 2 atom stereocenters. The number of H-pyrrole nitrogens is 1. The van der Waals surface area contributed by atoms with Gasteiger partial charge < -0.3 is 20.5 Å². The average Bonchev–Trinajstić information content (AvgIpc) is 3.21. The van der Waals surface area contributed by atoms with E-state index >= 15 is 0 Å². The first kappa shape index (κ1) is 19.1. The number of anilines is 2. The summed E-state index contributed by atoms with van der Waals surface area (Å²) in [5.74, 6) is -0.0948. The summed E-state index contributed by atoms with van der Waals surface area (Å²) in [7, 11) is 0. The van der Waals surface area contributed by atoms with Crippen LogP contribution in [0.3, 0.4) is 0 Å². The van der Waals surface area contributed by atoms with Gasteiger partial charge in [0.1, 0.15) is 0 Å². The van der Waals surface area contributed by atoms with E-state index in [4.69, 9.17) is 12.2 Å². The number of rotatable bonds is 4. The first-order chi connectivity index (χ1) is 13.9. The number of nitrogens with zero attached hydrogens (tertiary/aromatic N) is 2. The normalized spacial score (nSPS) is 18.6. The molecule has 1 amide bonds. The van der Waals surface area contributed by atoms with Gasteiger partial charge >= 0.3 is 0 Å². The first-order valence-electron chi connectivity index (χ1n) is 9.48. The second-order valence-corrected chi connectivity index (χ2v) is 7.64. The molecule has 6 nitrogen and oxygen atoms in total. The van der Waals surface area contributed by atoms with Crippen LogP contribution in [0.5, 0.6) is 0 Å². The zero-order chi connectivity index (χ0) is 20.5. The molecule has 0 saturated carbocycles. The molecule has 0 bridgehead atoms. The van der Waals surface area contributed by atoms with Gasteiger partial charge in [-0.2, -0.15) is 0 Å². The second-order valence-electron chi connectivity index (χ2n) is 7.26. The standard InChI is InChI=1S/C22H23N5OS/c1-13-12-18(14(2)24-13)21-20(19-6-4-5-11-23-19)26-22(29)27(21)17-9-7-16(8-10-17)25-15(3)28/h4-12,20-21,24H,1-3H3,(H,25,28)(H,26,29)/t20-,21+/m0/s1. The Hall–Kier alpha value is -3.19. The number of aromatic nitrogens is 2. The largest absolute Gasteiger partial charge is 0.362 e. The number of nitrogens with one attached hydrogen (secondary N) is 3. The Morgan fingerprint density at radius 2 is 1.93 bits per heavy atom. The molecule has 0 unspecified atom stereocenters. The lowest BCUT2D eigenvalue weighted by Crippen LogP contribution is -2.29. The summed E-state index contributed by atoms with van der Waals surface area (Å²) in [5.41, 5.74) is 6.05. The van der Waals surface area contributed by atoms with Crippen LogP contribution < -0.4 is 15.5 Å². The van der Waals surface area contributed by atoms with Crippen LogP contribution in [0.1, 0.15) is 41.7 Å². The maximum Gasteiger partial charge on any atom is 0.221 e. The zero-order valence-corrected chi connectivity index (χ0v) is 17.4. The van der Waals surface area contributed by atoms with Gasteiger partial charge in [-0.25, -0.2) is 0 Å². The molecule has 1 aromatic carbocycles. The third kappa shape index (κ3) is 3.73. The molecule has 29 heavy (non-hydrogen) atoms. The van der Waals surface area contributed by atoms with E-state index in [1.165, 1.54) is 12.5 Å². The molecule has 148 valence electrons. The molecule has 1 aliphatic heterocycles. The second kappa shape index (κ2) is 7.67. The third-order valence-electron chi connectivity index (χ3n) is 5.07. The van der Waals surface area contributed by atoms with Gasteiger partial charge in [0.05, 0.1) is 17.8 Å². The Labute approximate surface area is 175 Å². The van der Waals surface area contributed by atoms with Crippen LogP contribution in [0.2, 0.25) is 0 Å². The zero-order valence-electron chi connectivity index (χ0n) is 16.6. The van der Waals surface area contributed by atoms with Crippen LogP contribution in [-0.2, 0) is 4.79 Å². The van der Waals surface area contributed by atoms with Crippen LogP contribution in [0.25, 0.3) is 0 Å². The number of aromatic amines is 1. The van der Waals surface area contributed by atoms with E-state index in [9.17, 15) is 4.79 Å². The minimum absolute atomic E-state index is 0.0473. The van der Waals surface area contributed by atoms with Crippen molar-refractivity contribution in [2.75, 3.05) is 10.2 Å². The summed E-state index contributed by atoms with van der Waals surface area (Å²) in [5, 5.41) is 6.91. The number of benzene rings is 1. The summed E-state index contributed by atoms with van der Waals surface area (Å²) >= 11 is 5.74. The van der Waals surface area contributed by atoms with Crippen molar-refractivity contribution in [1.29, 1.82) is 0 Å². The van der Waals surface area contributed by atoms with E-state index in [1.54, 1.807) is 6.20 Å². The van der Waals surface area contributed by atoms with Gasteiger partial charge in [0, 0.05) is 35.9 Å². The number of carbonyl (C=O) groups is 1. The Morgan fingerprint density at radius 1 is 1.17 bits per heavy atom. The number of carbonyl (C=O) groups excluding carboxylic acids is 1. The smallest absolute Gasteiger partial charge is 0.221 e. The minimum Gasteiger partial charge on any atom is -0.362 e. The molecule has 1 saturated heterocycles. The monoisotopic (exact) mass is 405 g/mol. The summed E-state index contributed by atoms with van der Waals surface area (Å²) in [6, 6.07) is 15.7. The third-order valence-corrected chi connectivity index (χ3v) is 5.39. The highest BCUT2D eigenvalue weighted by molar-refractivity contribution is 7.80. The Kier molecular flexibility index (Phi) is 5.07. The number of pyridine rings is 1. The number of thiocarbonyl (C=S) groups is 1. The van der Waals surface area contributed by atoms with E-state index in [2.05, 4.69) is 45.4 Å². The molecular formula is C22H23N5OS. The molecule has 7 heteroatoms. The van der Waals surface area contributed by atoms with Crippen LogP contribution in [-0.4, -0.2) is 21.0 Å². The Bertz CT molecular complexity index is 1040. The fraction of sp³-hybridized carbons (Fsp3) is 0.227. The van der Waals surface area contributed by atoms with E-state index in [0.717, 1.165) is 28.5 Å². The van der Waals surface area contributed by atoms with Crippen LogP contribution in [0, 0.1) is 13.8 Å². The lowest BCUT2D eigenvalue weighted by molar-refractivity contribution is -0.114. The summed E-state index contributed by atoms with van der Waals surface area (Å²) in [6.07, 6.45) is 1.80. The highest BCUT2D eigenvalue weighted by Crippen LogP contribution is 2.42. The van der Waals surface area contributed by atoms with Gasteiger partial charge in [-0.05, 0) is 74.1 Å². The van der Waals surface area contributed by atoms with Gasteiger partial charge in [-0.3, -0.25) is 9.78 Å². The number of hydrogen-bond donors (Lipinski definition) is 3. The fourth-order valence-corrected chi connectivity index (χ4v) is 4.26. The molecular weight excluding hydrogens is 382 g/mol. The number of hydrogen-bond acceptors (Lipinski definition) is 3. The topological polar surface area (TPSA) is 73.1 Å². The molecule has 3 N–H and O–H groups in total. The SMILES string of the molecule is CC(=O)Nc1ccc(N2C(=S)N[C@@H](c3ccccn3)[C@H]2c2cc(C)[nH]c2C)cc1. The molecule has 2 aromatic heterocycles. The van der Waals surface area contributed by atoms with Crippen LogP contribution in [0.15, 0.2) is 54.7 Å². The van der Waals surface area contributed by atoms with Gasteiger partial charge in [0.2, 0.25) is 5.91 Å². The van der Waals surface area contributed by atoms with Crippen LogP contribution >= 0.6 is 12.2 Å². The fourth-order valence-electron chi connectivity index (χ4n) is 3.91. The molecule has 1 fully saturated rings. The Morgan fingerprint density at radius 3 is 2.52 bits per heavy atom. The summed E-state index contributed by atoms with van der Waals surface area (Å²) in [6.45, 7) is 5.63. The van der Waals surface area contributed by atoms with Crippen molar-refractivity contribution in [3.63, 3.8) is 0 Å². The van der Waals surface area contributed by atoms with Gasteiger partial charge in [-0.1, -0.05) is 6.07 Å². The van der Waals surface area contributed by atoms with Crippen molar-refractivity contribution < 1.29 is 4.79 Å². The Balaban J connectivity index is 1.77. The maximum absolute atomic E-state index is 11.3. The average molecular weight is 406 g/mol. The predicted molar refractivity (Wildman–Crippen MR) is 119 cm³/mol. The molecule has 3 heterocycles. The van der Waals surface area contributed by atoms with Crippen molar-refractivity contribution in [2.45, 2.75) is 32.9 Å². The maximum atomic E-state index is 11.3. The molecule has 0 radical (unpaired) electrons. The van der Waals surface area contributed by atoms with Crippen molar-refractivity contribution >= 4 is 34.6 Å². The van der Waals surface area contributed by atoms with Crippen molar-refractivity contribution in [3.05, 3.63) is 77.4 Å². The highest BCUT2D eigenvalue weighted by atomic mass is 32.1. The molecule has 3 aromatic rings. The van der Waals surface area contributed by atoms with Gasteiger partial charge in [-0.15, -0.1) is 0 Å². The minimum atomic E-state index is -0.0948. The molecule has 0 spiro atoms. The molecule has 4 rings (SSSR count). The van der Waals surface area contributed by atoms with E-state index in [1.807, 2.05) is 42.5 Å². The quantitative estimate of drug-likeness (QED) is 0.569. The van der Waals surface area contributed by atoms with Crippen molar-refractivity contribution in [1.82, 2.24) is 15.3 Å².